The van der Waals surface area contributed by atoms with Gasteiger partial charge in [-0.1, -0.05) is 0 Å². The summed E-state index contributed by atoms with van der Waals surface area (Å²) in [6, 6.07) is 7.62. The van der Waals surface area contributed by atoms with Crippen LogP contribution in [0.25, 0.3) is 21.9 Å². The maximum atomic E-state index is 11.8. The molecule has 4 heteroatoms. The van der Waals surface area contributed by atoms with Gasteiger partial charge in [-0.25, -0.2) is 4.79 Å². The molecule has 2 aromatic heterocycles. The molecule has 4 nitrogen and oxygen atoms in total. The van der Waals surface area contributed by atoms with E-state index in [2.05, 4.69) is 0 Å². The number of hydrogen-bond acceptors (Lipinski definition) is 4. The van der Waals surface area contributed by atoms with Crippen molar-refractivity contribution in [3.8, 4) is 0 Å². The van der Waals surface area contributed by atoms with E-state index >= 15 is 0 Å². The van der Waals surface area contributed by atoms with Gasteiger partial charge in [0.2, 0.25) is 0 Å². The molecule has 17 heavy (non-hydrogen) atoms. The van der Waals surface area contributed by atoms with Crippen LogP contribution < -0.4 is 11.1 Å². The fourth-order valence-corrected chi connectivity index (χ4v) is 1.84. The number of rotatable bonds is 0. The molecule has 3 rings (SSSR count). The standard InChI is InChI=1S/C13H8O4/c1-7-4-10(14)9-5-8-2-3-13(15)17-11(8)6-12(9)16-7/h2-6H,1H3. The van der Waals surface area contributed by atoms with Crippen LogP contribution >= 0.6 is 0 Å². The minimum Gasteiger partial charge on any atom is -0.461 e. The monoisotopic (exact) mass is 228 g/mol. The van der Waals surface area contributed by atoms with Gasteiger partial charge < -0.3 is 8.83 Å². The van der Waals surface area contributed by atoms with Crippen LogP contribution in [0.2, 0.25) is 0 Å². The van der Waals surface area contributed by atoms with E-state index in [1.54, 1.807) is 25.1 Å². The fourth-order valence-electron chi connectivity index (χ4n) is 1.84. The molecule has 0 spiro atoms. The zero-order valence-corrected chi connectivity index (χ0v) is 9.02. The first-order valence-electron chi connectivity index (χ1n) is 5.12. The maximum Gasteiger partial charge on any atom is 0.336 e. The summed E-state index contributed by atoms with van der Waals surface area (Å²) in [5.41, 5.74) is 0.319. The van der Waals surface area contributed by atoms with E-state index in [0.29, 0.717) is 27.7 Å². The van der Waals surface area contributed by atoms with Gasteiger partial charge in [0.25, 0.3) is 0 Å². The second-order valence-corrected chi connectivity index (χ2v) is 3.86. The van der Waals surface area contributed by atoms with Crippen LogP contribution in [0.1, 0.15) is 5.76 Å². The Hall–Kier alpha value is -2.36. The minimum atomic E-state index is -0.424. The van der Waals surface area contributed by atoms with Crippen molar-refractivity contribution in [2.45, 2.75) is 6.92 Å². The summed E-state index contributed by atoms with van der Waals surface area (Å²) in [7, 11) is 0. The largest absolute Gasteiger partial charge is 0.461 e. The quantitative estimate of drug-likeness (QED) is 0.437. The topological polar surface area (TPSA) is 60.4 Å². The van der Waals surface area contributed by atoms with Crippen molar-refractivity contribution in [1.82, 2.24) is 0 Å². The molecule has 1 aromatic carbocycles. The van der Waals surface area contributed by atoms with Crippen LogP contribution in [-0.2, 0) is 0 Å². The number of benzene rings is 1. The van der Waals surface area contributed by atoms with Gasteiger partial charge in [0.1, 0.15) is 16.9 Å². The Kier molecular flexibility index (Phi) is 1.92. The molecule has 2 heterocycles. The number of hydrogen-bond donors (Lipinski definition) is 0. The van der Waals surface area contributed by atoms with Crippen molar-refractivity contribution in [2.24, 2.45) is 0 Å². The van der Waals surface area contributed by atoms with E-state index in [1.807, 2.05) is 0 Å². The van der Waals surface area contributed by atoms with Crippen molar-refractivity contribution in [2.75, 3.05) is 0 Å². The van der Waals surface area contributed by atoms with Gasteiger partial charge in [-0.3, -0.25) is 4.79 Å². The molecule has 0 fully saturated rings. The second kappa shape index (κ2) is 3.31. The molecule has 0 N–H and O–H groups in total. The lowest BCUT2D eigenvalue weighted by molar-refractivity contribution is 0.551. The molecule has 0 saturated carbocycles. The third-order valence-corrected chi connectivity index (χ3v) is 2.59. The van der Waals surface area contributed by atoms with E-state index in [-0.39, 0.29) is 5.43 Å². The summed E-state index contributed by atoms with van der Waals surface area (Å²) in [6.07, 6.45) is 0. The molecule has 0 aliphatic heterocycles. The zero-order chi connectivity index (χ0) is 12.0. The predicted octanol–water partition coefficient (Wildman–Crippen LogP) is 2.21. The molecule has 0 aliphatic carbocycles. The van der Waals surface area contributed by atoms with Crippen LogP contribution in [0.3, 0.4) is 0 Å². The van der Waals surface area contributed by atoms with Gasteiger partial charge in [-0.05, 0) is 19.1 Å². The Morgan fingerprint density at radius 1 is 0.941 bits per heavy atom. The number of fused-ring (bicyclic) bond motifs is 2. The highest BCUT2D eigenvalue weighted by Gasteiger charge is 2.06. The molecule has 84 valence electrons. The Labute approximate surface area is 95.1 Å². The highest BCUT2D eigenvalue weighted by molar-refractivity contribution is 5.92. The first-order valence-corrected chi connectivity index (χ1v) is 5.12. The van der Waals surface area contributed by atoms with E-state index in [9.17, 15) is 9.59 Å². The molecule has 0 radical (unpaired) electrons. The molecule has 0 unspecified atom stereocenters. The Balaban J connectivity index is 2.56. The van der Waals surface area contributed by atoms with Crippen LogP contribution in [0, 0.1) is 6.92 Å². The average Bonchev–Trinajstić information content (AvgIpc) is 2.26. The summed E-state index contributed by atoms with van der Waals surface area (Å²) >= 11 is 0. The zero-order valence-electron chi connectivity index (χ0n) is 9.02. The second-order valence-electron chi connectivity index (χ2n) is 3.86. The fraction of sp³-hybridized carbons (Fsp3) is 0.0769. The maximum absolute atomic E-state index is 11.8. The summed E-state index contributed by atoms with van der Waals surface area (Å²) < 4.78 is 10.5. The Morgan fingerprint density at radius 2 is 1.76 bits per heavy atom. The predicted molar refractivity (Wildman–Crippen MR) is 63.3 cm³/mol. The van der Waals surface area contributed by atoms with Crippen molar-refractivity contribution in [3.63, 3.8) is 0 Å². The van der Waals surface area contributed by atoms with Crippen molar-refractivity contribution >= 4 is 21.9 Å². The van der Waals surface area contributed by atoms with Crippen LogP contribution in [0.4, 0.5) is 0 Å². The van der Waals surface area contributed by atoms with Crippen molar-refractivity contribution in [3.05, 3.63) is 56.7 Å². The number of aryl methyl sites for hydroxylation is 1. The highest BCUT2D eigenvalue weighted by atomic mass is 16.4. The van der Waals surface area contributed by atoms with Gasteiger partial charge >= 0.3 is 5.63 Å². The molecule has 0 atom stereocenters. The van der Waals surface area contributed by atoms with Crippen LogP contribution in [0.15, 0.2) is 48.8 Å². The normalized spacial score (nSPS) is 11.1. The lowest BCUT2D eigenvalue weighted by atomic mass is 10.1. The van der Waals surface area contributed by atoms with Crippen LogP contribution in [-0.4, -0.2) is 0 Å². The third-order valence-electron chi connectivity index (χ3n) is 2.59. The van der Waals surface area contributed by atoms with Gasteiger partial charge in [-0.15, -0.1) is 0 Å². The lowest BCUT2D eigenvalue weighted by Gasteiger charge is -2.00. The smallest absolute Gasteiger partial charge is 0.336 e. The van der Waals surface area contributed by atoms with E-state index in [4.69, 9.17) is 8.83 Å². The van der Waals surface area contributed by atoms with Gasteiger partial charge in [0.15, 0.2) is 5.43 Å². The highest BCUT2D eigenvalue weighted by Crippen LogP contribution is 2.20. The molecular weight excluding hydrogens is 220 g/mol. The first-order chi connectivity index (χ1) is 8.13. The van der Waals surface area contributed by atoms with E-state index < -0.39 is 5.63 Å². The molecule has 0 saturated heterocycles. The Bertz CT molecular complexity index is 839. The minimum absolute atomic E-state index is 0.100. The summed E-state index contributed by atoms with van der Waals surface area (Å²) in [6.45, 7) is 1.70. The van der Waals surface area contributed by atoms with E-state index in [0.717, 1.165) is 0 Å². The molecule has 0 bridgehead atoms. The van der Waals surface area contributed by atoms with E-state index in [1.165, 1.54) is 12.1 Å². The average molecular weight is 228 g/mol. The SMILES string of the molecule is Cc1cc(=O)c2cc3ccc(=O)oc3cc2o1. The summed E-state index contributed by atoms with van der Waals surface area (Å²) in [5.74, 6) is 0.528. The molecule has 0 amide bonds. The summed E-state index contributed by atoms with van der Waals surface area (Å²) in [4.78, 5) is 22.9. The van der Waals surface area contributed by atoms with Crippen molar-refractivity contribution in [1.29, 1.82) is 0 Å². The molecule has 3 aromatic rings. The molecule has 0 aliphatic rings. The first kappa shape index (κ1) is 9.84. The Morgan fingerprint density at radius 3 is 2.59 bits per heavy atom. The van der Waals surface area contributed by atoms with Gasteiger partial charge in [0, 0.05) is 23.6 Å². The third kappa shape index (κ3) is 1.54. The van der Waals surface area contributed by atoms with Crippen molar-refractivity contribution < 1.29 is 8.83 Å². The van der Waals surface area contributed by atoms with Gasteiger partial charge in [-0.2, -0.15) is 0 Å². The van der Waals surface area contributed by atoms with Crippen LogP contribution in [0.5, 0.6) is 0 Å². The van der Waals surface area contributed by atoms with Gasteiger partial charge in [0.05, 0.1) is 5.39 Å². The summed E-state index contributed by atoms with van der Waals surface area (Å²) in [5, 5.41) is 1.19. The molecular formula is C13H8O4. The lowest BCUT2D eigenvalue weighted by Crippen LogP contribution is -2.01.